The molecule has 43 heavy (non-hydrogen) atoms. The number of carbonyl (C=O) groups excluding carboxylic acids is 4. The minimum absolute atomic E-state index is 0.212. The van der Waals surface area contributed by atoms with Crippen LogP contribution in [-0.2, 0) is 23.7 Å². The highest BCUT2D eigenvalue weighted by molar-refractivity contribution is 5.91. The van der Waals surface area contributed by atoms with Crippen LogP contribution in [0.5, 0.6) is 0 Å². The zero-order valence-electron chi connectivity index (χ0n) is 23.2. The maximum absolute atomic E-state index is 13.3. The Morgan fingerprint density at radius 3 is 1.44 bits per heavy atom. The van der Waals surface area contributed by atoms with Crippen LogP contribution in [0.2, 0.25) is 0 Å². The molecule has 1 saturated heterocycles. The molecule has 0 N–H and O–H groups in total. The molecule has 1 aliphatic rings. The molecule has 2 unspecified atom stereocenters. The summed E-state index contributed by atoms with van der Waals surface area (Å²) in [5, 5.41) is 0. The van der Waals surface area contributed by atoms with Gasteiger partial charge >= 0.3 is 23.9 Å². The summed E-state index contributed by atoms with van der Waals surface area (Å²) in [5.74, 6) is -2.92. The van der Waals surface area contributed by atoms with Crippen molar-refractivity contribution in [1.82, 2.24) is 0 Å². The van der Waals surface area contributed by atoms with Gasteiger partial charge in [-0.05, 0) is 55.5 Å². The van der Waals surface area contributed by atoms with Gasteiger partial charge in [0.1, 0.15) is 12.7 Å². The lowest BCUT2D eigenvalue weighted by Crippen LogP contribution is -2.53. The van der Waals surface area contributed by atoms with Gasteiger partial charge in [-0.2, -0.15) is 0 Å². The summed E-state index contributed by atoms with van der Waals surface area (Å²) in [6, 6.07) is 32.8. The molecule has 9 nitrogen and oxygen atoms in total. The van der Waals surface area contributed by atoms with Crippen LogP contribution in [-0.4, -0.2) is 54.6 Å². The Morgan fingerprint density at radius 1 is 0.581 bits per heavy atom. The minimum Gasteiger partial charge on any atom is -0.459 e. The second kappa shape index (κ2) is 13.1. The molecule has 1 aliphatic heterocycles. The van der Waals surface area contributed by atoms with Gasteiger partial charge in [-0.15, -0.1) is 0 Å². The molecule has 0 aromatic heterocycles. The van der Waals surface area contributed by atoms with E-state index in [-0.39, 0.29) is 16.7 Å². The first-order chi connectivity index (χ1) is 20.8. The molecule has 0 aliphatic carbocycles. The van der Waals surface area contributed by atoms with Crippen molar-refractivity contribution in [3.05, 3.63) is 144 Å². The topological polar surface area (TPSA) is 114 Å². The highest BCUT2D eigenvalue weighted by Gasteiger charge is 2.61. The zero-order valence-corrected chi connectivity index (χ0v) is 23.2. The molecule has 5 rings (SSSR count). The Balaban J connectivity index is 1.48. The molecule has 1 heterocycles. The Morgan fingerprint density at radius 2 is 0.977 bits per heavy atom. The van der Waals surface area contributed by atoms with E-state index in [9.17, 15) is 19.2 Å². The molecule has 4 aromatic carbocycles. The molecule has 0 saturated carbocycles. The Kier molecular flexibility index (Phi) is 8.93. The fourth-order valence-electron chi connectivity index (χ4n) is 4.58. The van der Waals surface area contributed by atoms with Crippen LogP contribution in [0, 0.1) is 0 Å². The Labute approximate surface area is 247 Å². The number of benzene rings is 4. The predicted octanol–water partition coefficient (Wildman–Crippen LogP) is 5.27. The largest absolute Gasteiger partial charge is 0.459 e. The van der Waals surface area contributed by atoms with E-state index in [1.165, 1.54) is 6.92 Å². The Hall–Kier alpha value is -5.28. The number of hydrogen-bond donors (Lipinski definition) is 0. The van der Waals surface area contributed by atoms with E-state index >= 15 is 0 Å². The second-order valence-electron chi connectivity index (χ2n) is 9.87. The molecule has 4 atom stereocenters. The number of rotatable bonds is 9. The molecular formula is C34H28O9. The van der Waals surface area contributed by atoms with E-state index in [0.717, 1.165) is 0 Å². The van der Waals surface area contributed by atoms with Crippen molar-refractivity contribution in [1.29, 1.82) is 0 Å². The average molecular weight is 581 g/mol. The van der Waals surface area contributed by atoms with Crippen LogP contribution < -0.4 is 0 Å². The number of hydrogen-bond acceptors (Lipinski definition) is 9. The van der Waals surface area contributed by atoms with Crippen LogP contribution in [0.25, 0.3) is 0 Å². The highest BCUT2D eigenvalue weighted by atomic mass is 16.8. The van der Waals surface area contributed by atoms with E-state index in [4.69, 9.17) is 23.7 Å². The second-order valence-corrected chi connectivity index (χ2v) is 9.87. The van der Waals surface area contributed by atoms with Crippen molar-refractivity contribution in [2.75, 3.05) is 6.61 Å². The molecule has 0 spiro atoms. The van der Waals surface area contributed by atoms with Crippen LogP contribution >= 0.6 is 0 Å². The Bertz CT molecular complexity index is 1560. The fourth-order valence-corrected chi connectivity index (χ4v) is 4.58. The van der Waals surface area contributed by atoms with Crippen molar-refractivity contribution in [2.24, 2.45) is 0 Å². The summed E-state index contributed by atoms with van der Waals surface area (Å²) < 4.78 is 29.1. The lowest BCUT2D eigenvalue weighted by molar-refractivity contribution is -0.175. The molecule has 0 amide bonds. The maximum Gasteiger partial charge on any atom is 0.340 e. The summed E-state index contributed by atoms with van der Waals surface area (Å²) >= 11 is 0. The number of esters is 4. The molecule has 4 aromatic rings. The summed E-state index contributed by atoms with van der Waals surface area (Å²) in [5.41, 5.74) is -0.901. The van der Waals surface area contributed by atoms with Crippen LogP contribution in [0.4, 0.5) is 0 Å². The van der Waals surface area contributed by atoms with Gasteiger partial charge in [-0.3, -0.25) is 0 Å². The van der Waals surface area contributed by atoms with Gasteiger partial charge in [0.05, 0.1) is 22.3 Å². The lowest BCUT2D eigenvalue weighted by Gasteiger charge is -2.33. The lowest BCUT2D eigenvalue weighted by atomic mass is 9.96. The first-order valence-corrected chi connectivity index (χ1v) is 13.5. The number of ether oxygens (including phenoxy) is 5. The van der Waals surface area contributed by atoms with Gasteiger partial charge in [0.25, 0.3) is 0 Å². The third-order valence-electron chi connectivity index (χ3n) is 6.85. The van der Waals surface area contributed by atoms with E-state index in [1.54, 1.807) is 121 Å². The van der Waals surface area contributed by atoms with Crippen LogP contribution in [0.15, 0.2) is 121 Å². The molecule has 9 heteroatoms. The van der Waals surface area contributed by atoms with Gasteiger partial charge in [0.2, 0.25) is 11.9 Å². The molecule has 0 radical (unpaired) electrons. The first-order valence-electron chi connectivity index (χ1n) is 13.5. The van der Waals surface area contributed by atoms with Crippen molar-refractivity contribution < 1.29 is 42.9 Å². The van der Waals surface area contributed by atoms with Gasteiger partial charge in [0.15, 0.2) is 6.10 Å². The van der Waals surface area contributed by atoms with Crippen molar-refractivity contribution >= 4 is 23.9 Å². The van der Waals surface area contributed by atoms with Gasteiger partial charge < -0.3 is 23.7 Å². The summed E-state index contributed by atoms with van der Waals surface area (Å²) in [6.07, 6.45) is -4.07. The minimum atomic E-state index is -1.86. The first kappa shape index (κ1) is 29.2. The molecular weight excluding hydrogens is 552 g/mol. The standard InChI is InChI=1S/C34H28O9/c1-34(43-32(38)26-20-12-5-13-21-26)28(41-30(36)24-16-8-3-9-17-24)27(22-39-29(35)23-14-6-2-7-15-23)40-33(34)42-31(37)25-18-10-4-11-19-25/h2-21,27-28,33H,22H2,1H3/t27?,28-,33+,34?/m1/s1. The van der Waals surface area contributed by atoms with Crippen molar-refractivity contribution in [3.8, 4) is 0 Å². The smallest absolute Gasteiger partial charge is 0.340 e. The SMILES string of the molecule is CC1(OC(=O)c2ccccc2)[C@H](OC(=O)c2ccccc2)OC(COC(=O)c2ccccc2)[C@H]1OC(=O)c1ccccc1. The maximum atomic E-state index is 13.3. The summed E-state index contributed by atoms with van der Waals surface area (Å²) in [4.78, 5) is 52.5. The highest BCUT2D eigenvalue weighted by Crippen LogP contribution is 2.39. The quantitative estimate of drug-likeness (QED) is 0.193. The van der Waals surface area contributed by atoms with E-state index in [2.05, 4.69) is 0 Å². The van der Waals surface area contributed by atoms with E-state index in [1.807, 2.05) is 0 Å². The predicted molar refractivity (Wildman–Crippen MR) is 153 cm³/mol. The van der Waals surface area contributed by atoms with Crippen molar-refractivity contribution in [2.45, 2.75) is 31.0 Å². The van der Waals surface area contributed by atoms with E-state index < -0.39 is 54.6 Å². The fraction of sp³-hybridized carbons (Fsp3) is 0.176. The van der Waals surface area contributed by atoms with Gasteiger partial charge in [-0.25, -0.2) is 19.2 Å². The summed E-state index contributed by atoms with van der Waals surface area (Å²) in [7, 11) is 0. The van der Waals surface area contributed by atoms with Crippen LogP contribution in [0.1, 0.15) is 48.4 Å². The molecule has 218 valence electrons. The molecule has 1 fully saturated rings. The summed E-state index contributed by atoms with van der Waals surface area (Å²) in [6.45, 7) is 1.04. The third-order valence-corrected chi connectivity index (χ3v) is 6.85. The normalized spacial score (nSPS) is 20.9. The zero-order chi connectivity index (χ0) is 30.2. The van der Waals surface area contributed by atoms with Crippen LogP contribution in [0.3, 0.4) is 0 Å². The third kappa shape index (κ3) is 6.79. The van der Waals surface area contributed by atoms with Crippen molar-refractivity contribution in [3.63, 3.8) is 0 Å². The van der Waals surface area contributed by atoms with E-state index in [0.29, 0.717) is 5.56 Å². The van der Waals surface area contributed by atoms with Gasteiger partial charge in [0, 0.05) is 0 Å². The van der Waals surface area contributed by atoms with Gasteiger partial charge in [-0.1, -0.05) is 72.8 Å². The monoisotopic (exact) mass is 580 g/mol. The molecule has 0 bridgehead atoms. The average Bonchev–Trinajstić information content (AvgIpc) is 3.30. The number of carbonyl (C=O) groups is 4.